The minimum absolute atomic E-state index is 0.269. The standard InChI is InChI=1S/C15H19N3O3/c1-4-12-6-7-16-14(13(12)15(19)20-3)21-11-10-18-9-5-8-17(18)2/h4-7,9H,1,8,10-11H2,2-3H3. The molecule has 0 amide bonds. The molecular formula is C15H19N3O3. The molecule has 0 aromatic carbocycles. The van der Waals surface area contributed by atoms with Gasteiger partial charge in [0.1, 0.15) is 12.2 Å². The van der Waals surface area contributed by atoms with Gasteiger partial charge in [0.05, 0.1) is 13.7 Å². The summed E-state index contributed by atoms with van der Waals surface area (Å²) in [6, 6.07) is 1.70. The van der Waals surface area contributed by atoms with Crippen LogP contribution in [0.25, 0.3) is 6.08 Å². The van der Waals surface area contributed by atoms with Gasteiger partial charge in [-0.3, -0.25) is 0 Å². The number of pyridine rings is 1. The summed E-state index contributed by atoms with van der Waals surface area (Å²) in [5.41, 5.74) is 0.949. The SMILES string of the molecule is C=Cc1ccnc(OCCN2C=CCN2C)c1C(=O)OC. The summed E-state index contributed by atoms with van der Waals surface area (Å²) in [7, 11) is 3.33. The highest BCUT2D eigenvalue weighted by molar-refractivity contribution is 5.95. The van der Waals surface area contributed by atoms with E-state index >= 15 is 0 Å². The van der Waals surface area contributed by atoms with Crippen LogP contribution in [0.3, 0.4) is 0 Å². The predicted molar refractivity (Wildman–Crippen MR) is 79.6 cm³/mol. The largest absolute Gasteiger partial charge is 0.475 e. The summed E-state index contributed by atoms with van der Waals surface area (Å²) in [5.74, 6) is -0.212. The maximum atomic E-state index is 11.9. The van der Waals surface area contributed by atoms with Crippen molar-refractivity contribution in [1.82, 2.24) is 15.0 Å². The van der Waals surface area contributed by atoms with Crippen molar-refractivity contribution in [3.8, 4) is 5.88 Å². The fraction of sp³-hybridized carbons (Fsp3) is 0.333. The first-order valence-corrected chi connectivity index (χ1v) is 6.64. The summed E-state index contributed by atoms with van der Waals surface area (Å²) in [5, 5.41) is 4.10. The third-order valence-electron chi connectivity index (χ3n) is 3.20. The molecule has 112 valence electrons. The summed E-state index contributed by atoms with van der Waals surface area (Å²) >= 11 is 0. The molecule has 1 aromatic heterocycles. The van der Waals surface area contributed by atoms with E-state index in [1.165, 1.54) is 7.11 Å². The lowest BCUT2D eigenvalue weighted by Crippen LogP contribution is -2.34. The van der Waals surface area contributed by atoms with Crippen LogP contribution in [0.5, 0.6) is 5.88 Å². The molecule has 2 heterocycles. The summed E-state index contributed by atoms with van der Waals surface area (Å²) in [6.45, 7) is 5.66. The van der Waals surface area contributed by atoms with Crippen molar-refractivity contribution in [2.45, 2.75) is 0 Å². The predicted octanol–water partition coefficient (Wildman–Crippen LogP) is 1.57. The number of aromatic nitrogens is 1. The molecule has 6 nitrogen and oxygen atoms in total. The third kappa shape index (κ3) is 3.41. The molecule has 0 saturated carbocycles. The van der Waals surface area contributed by atoms with Gasteiger partial charge in [0, 0.05) is 26.0 Å². The Morgan fingerprint density at radius 2 is 2.38 bits per heavy atom. The van der Waals surface area contributed by atoms with Crippen molar-refractivity contribution in [3.05, 3.63) is 42.2 Å². The van der Waals surface area contributed by atoms with Crippen molar-refractivity contribution in [2.24, 2.45) is 0 Å². The van der Waals surface area contributed by atoms with Crippen LogP contribution < -0.4 is 4.74 Å². The Labute approximate surface area is 124 Å². The molecule has 21 heavy (non-hydrogen) atoms. The molecule has 1 aliphatic rings. The molecule has 0 bridgehead atoms. The van der Waals surface area contributed by atoms with Gasteiger partial charge in [0.2, 0.25) is 5.88 Å². The fourth-order valence-electron chi connectivity index (χ4n) is 2.06. The van der Waals surface area contributed by atoms with Crippen LogP contribution in [0.15, 0.2) is 31.1 Å². The molecule has 0 spiro atoms. The van der Waals surface area contributed by atoms with Crippen molar-refractivity contribution in [2.75, 3.05) is 33.9 Å². The fourth-order valence-corrected chi connectivity index (χ4v) is 2.06. The number of hydrogen-bond donors (Lipinski definition) is 0. The van der Waals surface area contributed by atoms with Gasteiger partial charge in [0.25, 0.3) is 0 Å². The number of nitrogens with zero attached hydrogens (tertiary/aromatic N) is 3. The number of carbonyl (C=O) groups excluding carboxylic acids is 1. The molecule has 0 N–H and O–H groups in total. The van der Waals surface area contributed by atoms with E-state index in [-0.39, 0.29) is 5.88 Å². The lowest BCUT2D eigenvalue weighted by atomic mass is 10.1. The van der Waals surface area contributed by atoms with Crippen LogP contribution in [-0.2, 0) is 4.74 Å². The molecular weight excluding hydrogens is 270 g/mol. The Morgan fingerprint density at radius 3 is 3.00 bits per heavy atom. The van der Waals surface area contributed by atoms with Crippen molar-refractivity contribution in [1.29, 1.82) is 0 Å². The highest BCUT2D eigenvalue weighted by atomic mass is 16.5. The molecule has 0 aliphatic carbocycles. The van der Waals surface area contributed by atoms with E-state index in [2.05, 4.69) is 22.6 Å². The Hall–Kier alpha value is -2.34. The van der Waals surface area contributed by atoms with E-state index in [0.29, 0.717) is 24.3 Å². The molecule has 6 heteroatoms. The number of rotatable bonds is 6. The van der Waals surface area contributed by atoms with Gasteiger partial charge in [-0.2, -0.15) is 0 Å². The van der Waals surface area contributed by atoms with E-state index in [4.69, 9.17) is 9.47 Å². The minimum atomic E-state index is -0.480. The van der Waals surface area contributed by atoms with Crippen molar-refractivity contribution < 1.29 is 14.3 Å². The molecule has 1 aromatic rings. The van der Waals surface area contributed by atoms with E-state index in [1.807, 2.05) is 18.3 Å². The first-order valence-electron chi connectivity index (χ1n) is 6.64. The van der Waals surface area contributed by atoms with Crippen LogP contribution in [0, 0.1) is 0 Å². The van der Waals surface area contributed by atoms with Crippen LogP contribution in [-0.4, -0.2) is 54.8 Å². The van der Waals surface area contributed by atoms with Gasteiger partial charge < -0.3 is 14.5 Å². The number of esters is 1. The lowest BCUT2D eigenvalue weighted by Gasteiger charge is -2.24. The number of ether oxygens (including phenoxy) is 2. The third-order valence-corrected chi connectivity index (χ3v) is 3.20. The number of likely N-dealkylation sites (N-methyl/N-ethyl adjacent to an activating group) is 1. The average molecular weight is 289 g/mol. The number of carbonyl (C=O) groups is 1. The van der Waals surface area contributed by atoms with Crippen LogP contribution in [0.2, 0.25) is 0 Å². The zero-order chi connectivity index (χ0) is 15.2. The van der Waals surface area contributed by atoms with E-state index < -0.39 is 5.97 Å². The van der Waals surface area contributed by atoms with Crippen LogP contribution in [0.4, 0.5) is 0 Å². The Balaban J connectivity index is 2.07. The van der Waals surface area contributed by atoms with E-state index in [0.717, 1.165) is 6.54 Å². The second-order valence-corrected chi connectivity index (χ2v) is 4.51. The molecule has 1 aliphatic heterocycles. The Kier molecular flexibility index (Phi) is 4.94. The van der Waals surface area contributed by atoms with Crippen LogP contribution >= 0.6 is 0 Å². The lowest BCUT2D eigenvalue weighted by molar-refractivity contribution is 0.0578. The second-order valence-electron chi connectivity index (χ2n) is 4.51. The maximum Gasteiger partial charge on any atom is 0.344 e. The van der Waals surface area contributed by atoms with Gasteiger partial charge in [-0.1, -0.05) is 18.7 Å². The highest BCUT2D eigenvalue weighted by Gasteiger charge is 2.19. The first kappa shape index (κ1) is 15.1. The van der Waals surface area contributed by atoms with Gasteiger partial charge in [-0.25, -0.2) is 14.8 Å². The average Bonchev–Trinajstić information content (AvgIpc) is 2.91. The van der Waals surface area contributed by atoms with E-state index in [1.54, 1.807) is 18.3 Å². The van der Waals surface area contributed by atoms with E-state index in [9.17, 15) is 4.79 Å². The molecule has 0 atom stereocenters. The topological polar surface area (TPSA) is 54.9 Å². The summed E-state index contributed by atoms with van der Waals surface area (Å²) in [6.07, 6.45) is 7.23. The minimum Gasteiger partial charge on any atom is -0.475 e. The molecule has 0 fully saturated rings. The first-order chi connectivity index (χ1) is 10.2. The van der Waals surface area contributed by atoms with Gasteiger partial charge in [0.15, 0.2) is 0 Å². The summed E-state index contributed by atoms with van der Waals surface area (Å²) in [4.78, 5) is 16.0. The quantitative estimate of drug-likeness (QED) is 0.741. The molecule has 0 radical (unpaired) electrons. The monoisotopic (exact) mass is 289 g/mol. The molecule has 0 saturated heterocycles. The van der Waals surface area contributed by atoms with Gasteiger partial charge >= 0.3 is 5.97 Å². The molecule has 0 unspecified atom stereocenters. The maximum absolute atomic E-state index is 11.9. The van der Waals surface area contributed by atoms with Crippen molar-refractivity contribution in [3.63, 3.8) is 0 Å². The Bertz CT molecular complexity index is 557. The zero-order valence-electron chi connectivity index (χ0n) is 12.3. The number of hydrogen-bond acceptors (Lipinski definition) is 6. The Morgan fingerprint density at radius 1 is 1.57 bits per heavy atom. The second kappa shape index (κ2) is 6.90. The zero-order valence-corrected chi connectivity index (χ0v) is 12.3. The normalized spacial score (nSPS) is 14.3. The smallest absolute Gasteiger partial charge is 0.344 e. The number of methoxy groups -OCH3 is 1. The summed E-state index contributed by atoms with van der Waals surface area (Å²) < 4.78 is 10.4. The van der Waals surface area contributed by atoms with Crippen molar-refractivity contribution >= 4 is 12.0 Å². The highest BCUT2D eigenvalue weighted by Crippen LogP contribution is 2.21. The number of hydrazine groups is 1. The van der Waals surface area contributed by atoms with Gasteiger partial charge in [-0.05, 0) is 11.6 Å². The van der Waals surface area contributed by atoms with Crippen LogP contribution in [0.1, 0.15) is 15.9 Å². The van der Waals surface area contributed by atoms with Gasteiger partial charge in [-0.15, -0.1) is 0 Å². The molecule has 2 rings (SSSR count).